The number of nitrogens with one attached hydrogen (secondary N) is 2. The van der Waals surface area contributed by atoms with Crippen LogP contribution in [0, 0.1) is 0 Å². The first kappa shape index (κ1) is 17.1. The van der Waals surface area contributed by atoms with Gasteiger partial charge in [0.25, 0.3) is 0 Å². The van der Waals surface area contributed by atoms with Crippen molar-refractivity contribution in [3.63, 3.8) is 0 Å². The number of hydrogen-bond donors (Lipinski definition) is 3. The molecule has 0 fully saturated rings. The average molecular weight is 295 g/mol. The number of aliphatic hydroxyl groups is 1. The van der Waals surface area contributed by atoms with Crippen LogP contribution in [0.3, 0.4) is 0 Å². The molecule has 0 heterocycles. The Kier molecular flexibility index (Phi) is 8.04. The number of hydrogen-bond acceptors (Lipinski definition) is 4. The van der Waals surface area contributed by atoms with Gasteiger partial charge in [-0.15, -0.1) is 0 Å². The number of nitrogens with zero attached hydrogens (tertiary/aromatic N) is 1. The molecule has 0 spiro atoms. The lowest BCUT2D eigenvalue weighted by Crippen LogP contribution is -2.38. The lowest BCUT2D eigenvalue weighted by Gasteiger charge is -2.12. The highest BCUT2D eigenvalue weighted by atomic mass is 16.5. The molecule has 0 aromatic heterocycles. The van der Waals surface area contributed by atoms with Gasteiger partial charge in [-0.3, -0.25) is 4.99 Å². The molecule has 1 rings (SSSR count). The van der Waals surface area contributed by atoms with E-state index in [-0.39, 0.29) is 6.61 Å². The van der Waals surface area contributed by atoms with E-state index in [1.165, 1.54) is 0 Å². The van der Waals surface area contributed by atoms with Crippen molar-refractivity contribution in [3.05, 3.63) is 23.8 Å². The van der Waals surface area contributed by atoms with Gasteiger partial charge in [0.15, 0.2) is 17.5 Å². The molecule has 0 saturated carbocycles. The van der Waals surface area contributed by atoms with Crippen LogP contribution in [0.25, 0.3) is 0 Å². The number of aliphatic hydroxyl groups excluding tert-OH is 1. The maximum absolute atomic E-state index is 8.81. The molecule has 0 amide bonds. The highest BCUT2D eigenvalue weighted by Crippen LogP contribution is 2.27. The fourth-order valence-electron chi connectivity index (χ4n) is 1.86. The van der Waals surface area contributed by atoms with Crippen molar-refractivity contribution in [3.8, 4) is 11.5 Å². The summed E-state index contributed by atoms with van der Waals surface area (Å²) >= 11 is 0. The molecule has 1 aromatic rings. The summed E-state index contributed by atoms with van der Waals surface area (Å²) in [6.07, 6.45) is 0.837. The number of rotatable bonds is 8. The molecule has 3 N–H and O–H groups in total. The van der Waals surface area contributed by atoms with E-state index < -0.39 is 0 Å². The van der Waals surface area contributed by atoms with Crippen LogP contribution in [0.15, 0.2) is 23.2 Å². The van der Waals surface area contributed by atoms with Crippen LogP contribution in [0.2, 0.25) is 0 Å². The first-order valence-electron chi connectivity index (χ1n) is 7.09. The average Bonchev–Trinajstić information content (AvgIpc) is 2.52. The van der Waals surface area contributed by atoms with Gasteiger partial charge in [0, 0.05) is 13.1 Å². The first-order valence-corrected chi connectivity index (χ1v) is 7.09. The third-order valence-electron chi connectivity index (χ3n) is 2.87. The summed E-state index contributed by atoms with van der Waals surface area (Å²) in [4.78, 5) is 4.22. The molecule has 6 heteroatoms. The zero-order valence-corrected chi connectivity index (χ0v) is 13.0. The standard InChI is InChI=1S/C15H25N3O3/c1-4-16-15(18-9-10-19)17-8-7-12-5-6-13(20-2)14(11-12)21-3/h5-6,11,19H,4,7-10H2,1-3H3,(H2,16,17,18). The van der Waals surface area contributed by atoms with E-state index in [9.17, 15) is 0 Å². The highest BCUT2D eigenvalue weighted by molar-refractivity contribution is 5.79. The fourth-order valence-corrected chi connectivity index (χ4v) is 1.86. The van der Waals surface area contributed by atoms with Crippen molar-refractivity contribution < 1.29 is 14.6 Å². The van der Waals surface area contributed by atoms with E-state index in [0.717, 1.165) is 36.6 Å². The summed E-state index contributed by atoms with van der Waals surface area (Å²) < 4.78 is 10.5. The van der Waals surface area contributed by atoms with Crippen LogP contribution in [-0.2, 0) is 6.42 Å². The van der Waals surface area contributed by atoms with Gasteiger partial charge >= 0.3 is 0 Å². The van der Waals surface area contributed by atoms with Gasteiger partial charge in [-0.1, -0.05) is 6.07 Å². The molecule has 118 valence electrons. The van der Waals surface area contributed by atoms with Crippen LogP contribution >= 0.6 is 0 Å². The Morgan fingerprint density at radius 1 is 1.19 bits per heavy atom. The topological polar surface area (TPSA) is 75.1 Å². The molecule has 0 atom stereocenters. The van der Waals surface area contributed by atoms with Gasteiger partial charge in [0.1, 0.15) is 0 Å². The number of benzene rings is 1. The predicted octanol–water partition coefficient (Wildman–Crippen LogP) is 0.794. The van der Waals surface area contributed by atoms with Gasteiger partial charge in [0.05, 0.1) is 27.4 Å². The van der Waals surface area contributed by atoms with E-state index in [4.69, 9.17) is 14.6 Å². The maximum Gasteiger partial charge on any atom is 0.191 e. The van der Waals surface area contributed by atoms with E-state index in [2.05, 4.69) is 15.6 Å². The Balaban J connectivity index is 2.54. The van der Waals surface area contributed by atoms with Crippen molar-refractivity contribution in [2.45, 2.75) is 13.3 Å². The van der Waals surface area contributed by atoms with Gasteiger partial charge in [0.2, 0.25) is 0 Å². The second-order valence-corrected chi connectivity index (χ2v) is 4.35. The lowest BCUT2D eigenvalue weighted by atomic mass is 10.1. The molecule has 0 radical (unpaired) electrons. The Morgan fingerprint density at radius 3 is 2.57 bits per heavy atom. The molecule has 0 unspecified atom stereocenters. The Bertz CT molecular complexity index is 450. The smallest absolute Gasteiger partial charge is 0.191 e. The van der Waals surface area contributed by atoms with Crippen LogP contribution in [0.1, 0.15) is 12.5 Å². The molecule has 0 bridgehead atoms. The second kappa shape index (κ2) is 9.88. The van der Waals surface area contributed by atoms with Crippen molar-refractivity contribution >= 4 is 5.96 Å². The number of methoxy groups -OCH3 is 2. The van der Waals surface area contributed by atoms with Gasteiger partial charge in [-0.2, -0.15) is 0 Å². The van der Waals surface area contributed by atoms with E-state index in [1.807, 2.05) is 25.1 Å². The molecule has 21 heavy (non-hydrogen) atoms. The van der Waals surface area contributed by atoms with E-state index in [0.29, 0.717) is 12.5 Å². The van der Waals surface area contributed by atoms with Gasteiger partial charge in [-0.05, 0) is 31.0 Å². The summed E-state index contributed by atoms with van der Waals surface area (Å²) in [7, 11) is 3.25. The summed E-state index contributed by atoms with van der Waals surface area (Å²) in [5.41, 5.74) is 1.15. The summed E-state index contributed by atoms with van der Waals surface area (Å²) in [5, 5.41) is 15.2. The number of ether oxygens (including phenoxy) is 2. The third kappa shape index (κ3) is 5.91. The van der Waals surface area contributed by atoms with Crippen molar-refractivity contribution in [2.24, 2.45) is 4.99 Å². The zero-order valence-electron chi connectivity index (χ0n) is 13.0. The minimum absolute atomic E-state index is 0.0479. The quantitative estimate of drug-likeness (QED) is 0.488. The molecular formula is C15H25N3O3. The summed E-state index contributed by atoms with van der Waals surface area (Å²) in [6.45, 7) is 3.97. The summed E-state index contributed by atoms with van der Waals surface area (Å²) in [6, 6.07) is 5.89. The molecule has 0 aliphatic rings. The first-order chi connectivity index (χ1) is 10.2. The fraction of sp³-hybridized carbons (Fsp3) is 0.533. The van der Waals surface area contributed by atoms with Crippen LogP contribution in [0.5, 0.6) is 11.5 Å². The summed E-state index contributed by atoms with van der Waals surface area (Å²) in [5.74, 6) is 2.18. The SMILES string of the molecule is CCNC(=NCCO)NCCc1ccc(OC)c(OC)c1. The maximum atomic E-state index is 8.81. The molecule has 0 aliphatic carbocycles. The minimum atomic E-state index is 0.0479. The molecular weight excluding hydrogens is 270 g/mol. The highest BCUT2D eigenvalue weighted by Gasteiger charge is 2.04. The predicted molar refractivity (Wildman–Crippen MR) is 84.3 cm³/mol. The van der Waals surface area contributed by atoms with E-state index >= 15 is 0 Å². The normalized spacial score (nSPS) is 11.1. The van der Waals surface area contributed by atoms with Crippen LogP contribution in [-0.4, -0.2) is 51.5 Å². The lowest BCUT2D eigenvalue weighted by molar-refractivity contribution is 0.306. The Morgan fingerprint density at radius 2 is 1.95 bits per heavy atom. The van der Waals surface area contributed by atoms with Crippen LogP contribution < -0.4 is 20.1 Å². The van der Waals surface area contributed by atoms with E-state index in [1.54, 1.807) is 14.2 Å². The zero-order chi connectivity index (χ0) is 15.5. The number of guanidine groups is 1. The minimum Gasteiger partial charge on any atom is -0.493 e. The largest absolute Gasteiger partial charge is 0.493 e. The molecule has 6 nitrogen and oxygen atoms in total. The number of aliphatic imine (C=N–C) groups is 1. The monoisotopic (exact) mass is 295 g/mol. The van der Waals surface area contributed by atoms with Crippen molar-refractivity contribution in [1.29, 1.82) is 0 Å². The van der Waals surface area contributed by atoms with Crippen LogP contribution in [0.4, 0.5) is 0 Å². The second-order valence-electron chi connectivity index (χ2n) is 4.35. The van der Waals surface area contributed by atoms with Gasteiger partial charge in [-0.25, -0.2) is 0 Å². The van der Waals surface area contributed by atoms with Gasteiger partial charge < -0.3 is 25.2 Å². The molecule has 0 aliphatic heterocycles. The van der Waals surface area contributed by atoms with Crippen molar-refractivity contribution in [1.82, 2.24) is 10.6 Å². The molecule has 1 aromatic carbocycles. The molecule has 0 saturated heterocycles. The van der Waals surface area contributed by atoms with Crippen molar-refractivity contribution in [2.75, 3.05) is 40.5 Å². The third-order valence-corrected chi connectivity index (χ3v) is 2.87. The Labute approximate surface area is 126 Å². The Hall–Kier alpha value is -1.95.